The zero-order chi connectivity index (χ0) is 27.9. The van der Waals surface area contributed by atoms with E-state index in [9.17, 15) is 30.3 Å². The summed E-state index contributed by atoms with van der Waals surface area (Å²) in [5.74, 6) is -0.0479. The summed E-state index contributed by atoms with van der Waals surface area (Å²) in [4.78, 5) is 13.7. The second-order valence-corrected chi connectivity index (χ2v) is 10.1. The number of unbranched alkanes of at least 4 members (excludes halogenated alkanes) is 11. The van der Waals surface area contributed by atoms with Crippen LogP contribution in [0.1, 0.15) is 96.8 Å². The first-order valence-corrected chi connectivity index (χ1v) is 14.2. The number of ether oxygens (including phenoxy) is 1. The van der Waals surface area contributed by atoms with Crippen LogP contribution in [-0.4, -0.2) is 105 Å². The van der Waals surface area contributed by atoms with E-state index in [4.69, 9.17) is 9.84 Å². The number of carbonyl (C=O) groups is 1. The molecule has 0 aromatic heterocycles. The van der Waals surface area contributed by atoms with Crippen LogP contribution in [0.3, 0.4) is 0 Å². The van der Waals surface area contributed by atoms with E-state index in [1.165, 1.54) is 56.3 Å². The number of nitrogens with zero attached hydrogens (tertiary/aromatic N) is 1. The maximum atomic E-state index is 12.3. The van der Waals surface area contributed by atoms with Crippen molar-refractivity contribution in [2.75, 3.05) is 33.4 Å². The van der Waals surface area contributed by atoms with E-state index in [-0.39, 0.29) is 25.7 Å². The molecule has 220 valence electrons. The fourth-order valence-electron chi connectivity index (χ4n) is 4.00. The summed E-state index contributed by atoms with van der Waals surface area (Å²) in [5.41, 5.74) is 0. The number of aliphatic hydroxyl groups is 6. The molecule has 0 aromatic rings. The van der Waals surface area contributed by atoms with Crippen LogP contribution in [-0.2, 0) is 9.53 Å². The van der Waals surface area contributed by atoms with Crippen molar-refractivity contribution in [3.63, 3.8) is 0 Å². The summed E-state index contributed by atoms with van der Waals surface area (Å²) in [6, 6.07) is 0. The molecule has 0 rings (SSSR count). The van der Waals surface area contributed by atoms with Crippen molar-refractivity contribution in [1.29, 1.82) is 0 Å². The molecule has 0 spiro atoms. The van der Waals surface area contributed by atoms with Gasteiger partial charge in [-0.3, -0.25) is 4.79 Å². The van der Waals surface area contributed by atoms with Crippen LogP contribution in [0, 0.1) is 0 Å². The lowest BCUT2D eigenvalue weighted by atomic mass is 10.0. The number of hydrogen-bond donors (Lipinski definition) is 6. The molecule has 1 unspecified atom stereocenters. The second kappa shape index (κ2) is 24.0. The normalized spacial score (nSPS) is 16.0. The first-order valence-electron chi connectivity index (χ1n) is 14.2. The number of amides is 1. The summed E-state index contributed by atoms with van der Waals surface area (Å²) in [7, 11) is 1.62. The lowest BCUT2D eigenvalue weighted by Gasteiger charge is -2.26. The van der Waals surface area contributed by atoms with E-state index < -0.39 is 37.1 Å². The maximum absolute atomic E-state index is 12.3. The SMILES string of the molecule is CCCCCCCC/C=C\CCCCCCCC(=O)N(C)CC(O)COC[C@H](O)[C@@H](O)[C@H](O)[C@H](O)CO. The minimum absolute atomic E-state index is 0.0479. The van der Waals surface area contributed by atoms with Crippen LogP contribution >= 0.6 is 0 Å². The quantitative estimate of drug-likeness (QED) is 0.0773. The highest BCUT2D eigenvalue weighted by Crippen LogP contribution is 2.11. The molecule has 5 atom stereocenters. The van der Waals surface area contributed by atoms with Crippen molar-refractivity contribution in [1.82, 2.24) is 4.90 Å². The van der Waals surface area contributed by atoms with E-state index >= 15 is 0 Å². The molecule has 0 radical (unpaired) electrons. The lowest BCUT2D eigenvalue weighted by molar-refractivity contribution is -0.136. The van der Waals surface area contributed by atoms with Gasteiger partial charge in [0.2, 0.25) is 5.91 Å². The number of rotatable bonds is 25. The Morgan fingerprint density at radius 1 is 0.757 bits per heavy atom. The van der Waals surface area contributed by atoms with E-state index in [1.807, 2.05) is 0 Å². The molecule has 6 N–H and O–H groups in total. The van der Waals surface area contributed by atoms with Crippen molar-refractivity contribution >= 4 is 5.91 Å². The topological polar surface area (TPSA) is 151 Å². The van der Waals surface area contributed by atoms with Crippen molar-refractivity contribution < 1.29 is 40.2 Å². The van der Waals surface area contributed by atoms with Crippen LogP contribution in [0.15, 0.2) is 12.2 Å². The predicted octanol–water partition coefficient (Wildman–Crippen LogP) is 2.30. The van der Waals surface area contributed by atoms with Gasteiger partial charge in [0, 0.05) is 20.0 Å². The number of hydrogen-bond acceptors (Lipinski definition) is 8. The summed E-state index contributed by atoms with van der Waals surface area (Å²) in [6.07, 6.45) is 13.1. The maximum Gasteiger partial charge on any atom is 0.222 e. The molecule has 9 nitrogen and oxygen atoms in total. The Kier molecular flexibility index (Phi) is 23.3. The van der Waals surface area contributed by atoms with Gasteiger partial charge in [-0.15, -0.1) is 0 Å². The summed E-state index contributed by atoms with van der Waals surface area (Å²) < 4.78 is 5.15. The zero-order valence-electron chi connectivity index (χ0n) is 23.2. The Morgan fingerprint density at radius 2 is 1.27 bits per heavy atom. The molecule has 1 amide bonds. The zero-order valence-corrected chi connectivity index (χ0v) is 23.2. The molecule has 0 bridgehead atoms. The van der Waals surface area contributed by atoms with Crippen LogP contribution in [0.2, 0.25) is 0 Å². The molecule has 0 aromatic carbocycles. The van der Waals surface area contributed by atoms with Gasteiger partial charge >= 0.3 is 0 Å². The molecular weight excluding hydrogens is 478 g/mol. The lowest BCUT2D eigenvalue weighted by Crippen LogP contribution is -2.47. The summed E-state index contributed by atoms with van der Waals surface area (Å²) in [5, 5.41) is 57.3. The van der Waals surface area contributed by atoms with Crippen LogP contribution in [0.25, 0.3) is 0 Å². The first-order chi connectivity index (χ1) is 17.7. The number of allylic oxidation sites excluding steroid dienone is 2. The second-order valence-electron chi connectivity index (χ2n) is 10.1. The van der Waals surface area contributed by atoms with E-state index in [0.717, 1.165) is 32.1 Å². The average molecular weight is 534 g/mol. The van der Waals surface area contributed by atoms with Gasteiger partial charge in [-0.05, 0) is 32.1 Å². The molecule has 37 heavy (non-hydrogen) atoms. The Labute approximate surface area is 224 Å². The fraction of sp³-hybridized carbons (Fsp3) is 0.893. The highest BCUT2D eigenvalue weighted by Gasteiger charge is 2.30. The molecule has 0 aliphatic heterocycles. The fourth-order valence-corrected chi connectivity index (χ4v) is 4.00. The van der Waals surface area contributed by atoms with Crippen LogP contribution in [0.4, 0.5) is 0 Å². The van der Waals surface area contributed by atoms with Gasteiger partial charge < -0.3 is 40.3 Å². The third-order valence-electron chi connectivity index (χ3n) is 6.49. The molecule has 0 aliphatic carbocycles. The predicted molar refractivity (Wildman–Crippen MR) is 145 cm³/mol. The smallest absolute Gasteiger partial charge is 0.222 e. The third-order valence-corrected chi connectivity index (χ3v) is 6.49. The van der Waals surface area contributed by atoms with Crippen molar-refractivity contribution in [3.8, 4) is 0 Å². The van der Waals surface area contributed by atoms with E-state index in [1.54, 1.807) is 7.05 Å². The van der Waals surface area contributed by atoms with Gasteiger partial charge in [0.1, 0.15) is 24.4 Å². The van der Waals surface area contributed by atoms with Gasteiger partial charge in [0.05, 0.1) is 25.9 Å². The Balaban J connectivity index is 3.75. The minimum atomic E-state index is -1.73. The number of likely N-dealkylation sites (N-methyl/N-ethyl adjacent to an activating group) is 1. The average Bonchev–Trinajstić information content (AvgIpc) is 2.89. The van der Waals surface area contributed by atoms with Gasteiger partial charge in [-0.2, -0.15) is 0 Å². The minimum Gasteiger partial charge on any atom is -0.394 e. The van der Waals surface area contributed by atoms with E-state index in [0.29, 0.717) is 6.42 Å². The Morgan fingerprint density at radius 3 is 1.84 bits per heavy atom. The Bertz CT molecular complexity index is 562. The first kappa shape index (κ1) is 35.9. The van der Waals surface area contributed by atoms with E-state index in [2.05, 4.69) is 19.1 Å². The molecule has 0 fully saturated rings. The van der Waals surface area contributed by atoms with Gasteiger partial charge in [-0.1, -0.05) is 70.4 Å². The van der Waals surface area contributed by atoms with Gasteiger partial charge in [0.15, 0.2) is 0 Å². The van der Waals surface area contributed by atoms with Crippen LogP contribution in [0.5, 0.6) is 0 Å². The van der Waals surface area contributed by atoms with Crippen molar-refractivity contribution in [3.05, 3.63) is 12.2 Å². The van der Waals surface area contributed by atoms with Gasteiger partial charge in [0.25, 0.3) is 0 Å². The summed E-state index contributed by atoms with van der Waals surface area (Å²) in [6.45, 7) is 0.996. The standard InChI is InChI=1S/C28H55NO8/c1-3-4-5-6-7-8-9-10-11-12-13-14-15-16-17-18-26(34)29(2)19-23(31)21-37-22-25(33)28(36)27(35)24(32)20-30/h10-11,23-25,27-28,30-33,35-36H,3-9,12-22H2,1-2H3/b11-10-/t23?,24-,25+,27-,28-/m1/s1. The van der Waals surface area contributed by atoms with Crippen molar-refractivity contribution in [2.24, 2.45) is 0 Å². The van der Waals surface area contributed by atoms with Crippen molar-refractivity contribution in [2.45, 2.75) is 127 Å². The third kappa shape index (κ3) is 19.6. The molecule has 0 heterocycles. The molecule has 0 saturated heterocycles. The molecule has 9 heteroatoms. The summed E-state index contributed by atoms with van der Waals surface area (Å²) >= 11 is 0. The number of aliphatic hydroxyl groups excluding tert-OH is 6. The monoisotopic (exact) mass is 533 g/mol. The largest absolute Gasteiger partial charge is 0.394 e. The highest BCUT2D eigenvalue weighted by molar-refractivity contribution is 5.75. The molecule has 0 aliphatic rings. The van der Waals surface area contributed by atoms with Gasteiger partial charge in [-0.25, -0.2) is 0 Å². The Hall–Kier alpha value is -1.07. The highest BCUT2D eigenvalue weighted by atomic mass is 16.5. The molecular formula is C28H55NO8. The van der Waals surface area contributed by atoms with Crippen LogP contribution < -0.4 is 0 Å². The number of carbonyl (C=O) groups excluding carboxylic acids is 1. The molecule has 0 saturated carbocycles.